The van der Waals surface area contributed by atoms with Gasteiger partial charge in [-0.2, -0.15) is 11.8 Å². The number of carbonyl (C=O) groups excluding carboxylic acids is 1. The standard InChI is InChI=1S/C15H28N2O2S/c1-20-12-3-2-9-16-14(18)17-13-5-4-6-15(13)7-10-19-11-8-15/h13H,2-12H2,1H3,(H2,16,17,18). The number of thioether (sulfide) groups is 1. The first-order chi connectivity index (χ1) is 9.77. The van der Waals surface area contributed by atoms with Crippen LogP contribution in [0.25, 0.3) is 0 Å². The maximum atomic E-state index is 12.0. The first-order valence-electron chi connectivity index (χ1n) is 7.88. The van der Waals surface area contributed by atoms with Crippen LogP contribution in [0, 0.1) is 5.41 Å². The third-order valence-electron chi connectivity index (χ3n) is 4.76. The van der Waals surface area contributed by atoms with Crippen molar-refractivity contribution in [3.63, 3.8) is 0 Å². The highest BCUT2D eigenvalue weighted by atomic mass is 32.2. The molecule has 1 atom stereocenters. The number of nitrogens with one attached hydrogen (secondary N) is 2. The van der Waals surface area contributed by atoms with Crippen LogP contribution in [0.3, 0.4) is 0 Å². The molecule has 0 aromatic heterocycles. The summed E-state index contributed by atoms with van der Waals surface area (Å²) in [6.07, 6.45) is 10.2. The van der Waals surface area contributed by atoms with Gasteiger partial charge in [0, 0.05) is 25.8 Å². The maximum Gasteiger partial charge on any atom is 0.315 e. The van der Waals surface area contributed by atoms with Gasteiger partial charge in [-0.1, -0.05) is 6.42 Å². The molecular formula is C15H28N2O2S. The van der Waals surface area contributed by atoms with Gasteiger partial charge in [-0.15, -0.1) is 0 Å². The average molecular weight is 300 g/mol. The van der Waals surface area contributed by atoms with Crippen LogP contribution in [0.15, 0.2) is 0 Å². The van der Waals surface area contributed by atoms with E-state index in [0.717, 1.165) is 45.4 Å². The maximum absolute atomic E-state index is 12.0. The second-order valence-corrected chi connectivity index (χ2v) is 7.01. The van der Waals surface area contributed by atoms with Gasteiger partial charge in [-0.3, -0.25) is 0 Å². The van der Waals surface area contributed by atoms with E-state index in [1.54, 1.807) is 0 Å². The van der Waals surface area contributed by atoms with Crippen LogP contribution in [0.5, 0.6) is 0 Å². The lowest BCUT2D eigenvalue weighted by molar-refractivity contribution is 0.00624. The van der Waals surface area contributed by atoms with Crippen molar-refractivity contribution in [1.29, 1.82) is 0 Å². The molecule has 1 aliphatic heterocycles. The Morgan fingerprint density at radius 1 is 1.30 bits per heavy atom. The molecule has 116 valence electrons. The van der Waals surface area contributed by atoms with E-state index >= 15 is 0 Å². The van der Waals surface area contributed by atoms with Crippen molar-refractivity contribution in [2.75, 3.05) is 31.8 Å². The first kappa shape index (κ1) is 16.0. The summed E-state index contributed by atoms with van der Waals surface area (Å²) in [6, 6.07) is 0.365. The van der Waals surface area contributed by atoms with Crippen molar-refractivity contribution in [2.45, 2.75) is 51.0 Å². The molecule has 2 rings (SSSR count). The Labute approximate surface area is 126 Å². The molecule has 1 saturated heterocycles. The van der Waals surface area contributed by atoms with Crippen LogP contribution < -0.4 is 10.6 Å². The molecule has 2 amide bonds. The molecule has 1 heterocycles. The predicted octanol–water partition coefficient (Wildman–Crippen LogP) is 2.78. The Morgan fingerprint density at radius 3 is 2.85 bits per heavy atom. The lowest BCUT2D eigenvalue weighted by Crippen LogP contribution is -2.50. The second kappa shape index (κ2) is 8.13. The number of hydrogen-bond donors (Lipinski definition) is 2. The Bertz CT molecular complexity index is 306. The molecule has 0 aromatic rings. The van der Waals surface area contributed by atoms with Gasteiger partial charge in [-0.25, -0.2) is 4.79 Å². The van der Waals surface area contributed by atoms with Gasteiger partial charge in [-0.05, 0) is 55.9 Å². The normalized spacial score (nSPS) is 24.8. The van der Waals surface area contributed by atoms with Crippen LogP contribution in [0.1, 0.15) is 44.9 Å². The number of amides is 2. The summed E-state index contributed by atoms with van der Waals surface area (Å²) in [5.74, 6) is 1.18. The lowest BCUT2D eigenvalue weighted by Gasteiger charge is -2.39. The SMILES string of the molecule is CSCCCCNC(=O)NC1CCCC12CCOCC2. The van der Waals surface area contributed by atoms with Gasteiger partial charge in [0.15, 0.2) is 0 Å². The van der Waals surface area contributed by atoms with Crippen LogP contribution >= 0.6 is 11.8 Å². The molecule has 20 heavy (non-hydrogen) atoms. The molecule has 1 saturated carbocycles. The summed E-state index contributed by atoms with van der Waals surface area (Å²) < 4.78 is 5.48. The molecule has 2 N–H and O–H groups in total. The molecule has 4 nitrogen and oxygen atoms in total. The van der Waals surface area contributed by atoms with E-state index < -0.39 is 0 Å². The fourth-order valence-electron chi connectivity index (χ4n) is 3.52. The molecule has 2 fully saturated rings. The molecule has 1 aliphatic carbocycles. The molecule has 2 aliphatic rings. The summed E-state index contributed by atoms with van der Waals surface area (Å²) in [6.45, 7) is 2.50. The van der Waals surface area contributed by atoms with Gasteiger partial charge in [0.1, 0.15) is 0 Å². The second-order valence-electron chi connectivity index (χ2n) is 6.02. The van der Waals surface area contributed by atoms with Crippen molar-refractivity contribution < 1.29 is 9.53 Å². The van der Waals surface area contributed by atoms with Crippen LogP contribution in [-0.2, 0) is 4.74 Å². The molecule has 1 unspecified atom stereocenters. The third-order valence-corrected chi connectivity index (χ3v) is 5.46. The molecule has 1 spiro atoms. The van der Waals surface area contributed by atoms with Gasteiger partial charge < -0.3 is 15.4 Å². The number of rotatable bonds is 6. The minimum Gasteiger partial charge on any atom is -0.381 e. The largest absolute Gasteiger partial charge is 0.381 e. The van der Waals surface area contributed by atoms with Crippen molar-refractivity contribution in [1.82, 2.24) is 10.6 Å². The van der Waals surface area contributed by atoms with Gasteiger partial charge in [0.05, 0.1) is 0 Å². The number of ether oxygens (including phenoxy) is 1. The van der Waals surface area contributed by atoms with E-state index in [0.29, 0.717) is 11.5 Å². The van der Waals surface area contributed by atoms with Crippen molar-refractivity contribution in [3.05, 3.63) is 0 Å². The molecule has 0 aromatic carbocycles. The zero-order valence-corrected chi connectivity index (χ0v) is 13.4. The number of hydrogen-bond acceptors (Lipinski definition) is 3. The van der Waals surface area contributed by atoms with Crippen molar-refractivity contribution in [3.8, 4) is 0 Å². The minimum absolute atomic E-state index is 0.0203. The van der Waals surface area contributed by atoms with Crippen LogP contribution in [0.4, 0.5) is 4.79 Å². The zero-order chi connectivity index (χ0) is 14.3. The number of unbranched alkanes of at least 4 members (excludes halogenated alkanes) is 1. The average Bonchev–Trinajstić information content (AvgIpc) is 2.82. The Balaban J connectivity index is 1.70. The molecule has 0 radical (unpaired) electrons. The smallest absolute Gasteiger partial charge is 0.315 e. The fourth-order valence-corrected chi connectivity index (χ4v) is 4.02. The zero-order valence-electron chi connectivity index (χ0n) is 12.6. The summed E-state index contributed by atoms with van der Waals surface area (Å²) in [5, 5.41) is 6.22. The fraction of sp³-hybridized carbons (Fsp3) is 0.933. The Morgan fingerprint density at radius 2 is 2.10 bits per heavy atom. The van der Waals surface area contributed by atoms with Crippen LogP contribution in [0.2, 0.25) is 0 Å². The topological polar surface area (TPSA) is 50.4 Å². The summed E-state index contributed by atoms with van der Waals surface area (Å²) in [5.41, 5.74) is 0.314. The molecule has 0 bridgehead atoms. The van der Waals surface area contributed by atoms with E-state index in [2.05, 4.69) is 16.9 Å². The third kappa shape index (κ3) is 4.29. The first-order valence-corrected chi connectivity index (χ1v) is 9.27. The van der Waals surface area contributed by atoms with Gasteiger partial charge in [0.2, 0.25) is 0 Å². The lowest BCUT2D eigenvalue weighted by atomic mass is 9.75. The Hall–Kier alpha value is -0.420. The van der Waals surface area contributed by atoms with E-state index in [-0.39, 0.29) is 6.03 Å². The number of urea groups is 1. The highest BCUT2D eigenvalue weighted by Gasteiger charge is 2.44. The van der Waals surface area contributed by atoms with E-state index in [1.807, 2.05) is 11.8 Å². The minimum atomic E-state index is 0.0203. The summed E-state index contributed by atoms with van der Waals surface area (Å²) in [4.78, 5) is 12.0. The van der Waals surface area contributed by atoms with Gasteiger partial charge in [0.25, 0.3) is 0 Å². The monoisotopic (exact) mass is 300 g/mol. The van der Waals surface area contributed by atoms with E-state index in [9.17, 15) is 4.79 Å². The quantitative estimate of drug-likeness (QED) is 0.742. The van der Waals surface area contributed by atoms with E-state index in [1.165, 1.54) is 25.0 Å². The highest BCUT2D eigenvalue weighted by Crippen LogP contribution is 2.45. The van der Waals surface area contributed by atoms with Crippen LogP contribution in [-0.4, -0.2) is 43.8 Å². The predicted molar refractivity (Wildman–Crippen MR) is 84.3 cm³/mol. The van der Waals surface area contributed by atoms with E-state index in [4.69, 9.17) is 4.74 Å². The number of carbonyl (C=O) groups is 1. The molecular weight excluding hydrogens is 272 g/mol. The summed E-state index contributed by atoms with van der Waals surface area (Å²) >= 11 is 1.86. The van der Waals surface area contributed by atoms with Crippen molar-refractivity contribution in [2.24, 2.45) is 5.41 Å². The van der Waals surface area contributed by atoms with Crippen molar-refractivity contribution >= 4 is 17.8 Å². The Kier molecular flexibility index (Phi) is 6.49. The highest BCUT2D eigenvalue weighted by molar-refractivity contribution is 7.98. The molecule has 5 heteroatoms. The summed E-state index contributed by atoms with van der Waals surface area (Å²) in [7, 11) is 0. The van der Waals surface area contributed by atoms with Gasteiger partial charge >= 0.3 is 6.03 Å².